The van der Waals surface area contributed by atoms with Crippen molar-refractivity contribution in [3.63, 3.8) is 0 Å². The highest BCUT2D eigenvalue weighted by molar-refractivity contribution is 5.95. The van der Waals surface area contributed by atoms with Crippen LogP contribution in [0.1, 0.15) is 23.3 Å². The largest absolute Gasteiger partial charge is 0.366 e. The first-order valence-corrected chi connectivity index (χ1v) is 7.52. The van der Waals surface area contributed by atoms with Crippen LogP contribution < -0.4 is 16.6 Å². The molecule has 8 nitrogen and oxygen atoms in total. The lowest BCUT2D eigenvalue weighted by Crippen LogP contribution is -2.34. The molecule has 0 bridgehead atoms. The Balaban J connectivity index is 1.84. The molecule has 2 aromatic carbocycles. The minimum absolute atomic E-state index is 0.336. The van der Waals surface area contributed by atoms with Gasteiger partial charge in [-0.05, 0) is 43.3 Å². The van der Waals surface area contributed by atoms with Crippen molar-refractivity contribution in [3.05, 3.63) is 64.4 Å². The summed E-state index contributed by atoms with van der Waals surface area (Å²) < 4.78 is 1.04. The maximum absolute atomic E-state index is 12.5. The smallest absolute Gasteiger partial charge is 0.278 e. The van der Waals surface area contributed by atoms with Crippen molar-refractivity contribution >= 4 is 28.4 Å². The van der Waals surface area contributed by atoms with E-state index in [2.05, 4.69) is 15.6 Å². The number of nitrogens with two attached hydrogens (primary N) is 1. The van der Waals surface area contributed by atoms with E-state index >= 15 is 0 Å². The van der Waals surface area contributed by atoms with Crippen LogP contribution in [-0.4, -0.2) is 26.8 Å². The second kappa shape index (κ2) is 6.52. The quantitative estimate of drug-likeness (QED) is 0.738. The highest BCUT2D eigenvalue weighted by atomic mass is 16.2. The zero-order valence-electron chi connectivity index (χ0n) is 13.3. The number of aromatic nitrogens is 3. The summed E-state index contributed by atoms with van der Waals surface area (Å²) in [6.07, 6.45) is 0. The molecule has 1 aromatic heterocycles. The number of amides is 2. The second-order valence-electron chi connectivity index (χ2n) is 5.46. The van der Waals surface area contributed by atoms with Crippen LogP contribution >= 0.6 is 0 Å². The molecule has 0 aliphatic rings. The van der Waals surface area contributed by atoms with E-state index in [1.807, 2.05) is 0 Å². The fraction of sp³-hybridized carbons (Fsp3) is 0.118. The van der Waals surface area contributed by atoms with Gasteiger partial charge in [0.2, 0.25) is 11.8 Å². The maximum Gasteiger partial charge on any atom is 0.278 e. The van der Waals surface area contributed by atoms with Gasteiger partial charge in [0.1, 0.15) is 11.6 Å². The van der Waals surface area contributed by atoms with Gasteiger partial charge < -0.3 is 11.1 Å². The van der Waals surface area contributed by atoms with Crippen LogP contribution in [0.25, 0.3) is 10.9 Å². The normalized spacial score (nSPS) is 11.9. The predicted molar refractivity (Wildman–Crippen MR) is 92.1 cm³/mol. The summed E-state index contributed by atoms with van der Waals surface area (Å²) in [5, 5.41) is 10.9. The van der Waals surface area contributed by atoms with Gasteiger partial charge >= 0.3 is 0 Å². The highest BCUT2D eigenvalue weighted by Crippen LogP contribution is 2.12. The third-order valence-corrected chi connectivity index (χ3v) is 3.77. The lowest BCUT2D eigenvalue weighted by atomic mass is 10.2. The third-order valence-electron chi connectivity index (χ3n) is 3.77. The first-order valence-electron chi connectivity index (χ1n) is 7.52. The molecule has 126 valence electrons. The fourth-order valence-corrected chi connectivity index (χ4v) is 2.33. The van der Waals surface area contributed by atoms with Crippen LogP contribution in [-0.2, 0) is 4.79 Å². The summed E-state index contributed by atoms with van der Waals surface area (Å²) in [6, 6.07) is 12.1. The van der Waals surface area contributed by atoms with Gasteiger partial charge in [-0.15, -0.1) is 5.10 Å². The van der Waals surface area contributed by atoms with Crippen LogP contribution in [0, 0.1) is 0 Å². The molecule has 25 heavy (non-hydrogen) atoms. The fourth-order valence-electron chi connectivity index (χ4n) is 2.33. The number of carbonyl (C=O) groups is 2. The van der Waals surface area contributed by atoms with E-state index in [-0.39, 0.29) is 0 Å². The van der Waals surface area contributed by atoms with Crippen molar-refractivity contribution in [2.24, 2.45) is 5.73 Å². The average Bonchev–Trinajstić information content (AvgIpc) is 2.62. The van der Waals surface area contributed by atoms with E-state index in [1.165, 1.54) is 12.1 Å². The van der Waals surface area contributed by atoms with E-state index in [4.69, 9.17) is 5.73 Å². The van der Waals surface area contributed by atoms with E-state index in [1.54, 1.807) is 43.3 Å². The number of rotatable bonds is 4. The number of fused-ring (bicyclic) bond motifs is 1. The van der Waals surface area contributed by atoms with Crippen LogP contribution in [0.2, 0.25) is 0 Å². The molecule has 0 radical (unpaired) electrons. The number of nitrogens with zero attached hydrogens (tertiary/aromatic N) is 3. The number of hydrogen-bond donors (Lipinski definition) is 2. The molecule has 0 fully saturated rings. The molecule has 1 heterocycles. The van der Waals surface area contributed by atoms with Crippen LogP contribution in [0.3, 0.4) is 0 Å². The van der Waals surface area contributed by atoms with Crippen LogP contribution in [0.15, 0.2) is 53.3 Å². The Morgan fingerprint density at radius 3 is 2.48 bits per heavy atom. The van der Waals surface area contributed by atoms with E-state index < -0.39 is 23.4 Å². The van der Waals surface area contributed by atoms with Crippen molar-refractivity contribution < 1.29 is 9.59 Å². The number of anilines is 1. The Kier molecular flexibility index (Phi) is 4.25. The Labute approximate surface area is 142 Å². The highest BCUT2D eigenvalue weighted by Gasteiger charge is 2.19. The lowest BCUT2D eigenvalue weighted by molar-refractivity contribution is -0.119. The van der Waals surface area contributed by atoms with Gasteiger partial charge in [-0.3, -0.25) is 14.4 Å². The van der Waals surface area contributed by atoms with Crippen molar-refractivity contribution in [1.29, 1.82) is 0 Å². The van der Waals surface area contributed by atoms with Gasteiger partial charge in [-0.2, -0.15) is 4.68 Å². The van der Waals surface area contributed by atoms with Crippen LogP contribution in [0.4, 0.5) is 5.69 Å². The number of carbonyl (C=O) groups excluding carboxylic acids is 2. The van der Waals surface area contributed by atoms with Crippen molar-refractivity contribution in [2.45, 2.75) is 13.0 Å². The number of benzene rings is 2. The van der Waals surface area contributed by atoms with E-state index in [9.17, 15) is 14.4 Å². The maximum atomic E-state index is 12.5. The molecule has 3 rings (SSSR count). The summed E-state index contributed by atoms with van der Waals surface area (Å²) in [5.74, 6) is -0.984. The minimum Gasteiger partial charge on any atom is -0.366 e. The lowest BCUT2D eigenvalue weighted by Gasteiger charge is -2.13. The Bertz CT molecular complexity index is 1010. The molecular weight excluding hydrogens is 322 g/mol. The predicted octanol–water partition coefficient (Wildman–Crippen LogP) is 1.09. The van der Waals surface area contributed by atoms with E-state index in [0.717, 1.165) is 4.68 Å². The SMILES string of the molecule is C[C@@H](C(=O)Nc1ccc(C(N)=O)cc1)n1nnc2ccccc2c1=O. The summed E-state index contributed by atoms with van der Waals surface area (Å²) >= 11 is 0. The summed E-state index contributed by atoms with van der Waals surface area (Å²) in [4.78, 5) is 35.9. The van der Waals surface area contributed by atoms with Crippen molar-refractivity contribution in [1.82, 2.24) is 15.0 Å². The topological polar surface area (TPSA) is 120 Å². The van der Waals surface area contributed by atoms with Crippen LogP contribution in [0.5, 0.6) is 0 Å². The molecule has 0 saturated carbocycles. The number of primary amides is 1. The van der Waals surface area contributed by atoms with Crippen molar-refractivity contribution in [3.8, 4) is 0 Å². The summed E-state index contributed by atoms with van der Waals surface area (Å²) in [6.45, 7) is 1.55. The zero-order chi connectivity index (χ0) is 18.0. The molecular formula is C17H15N5O3. The molecule has 0 aliphatic heterocycles. The Morgan fingerprint density at radius 1 is 1.12 bits per heavy atom. The summed E-state index contributed by atoms with van der Waals surface area (Å²) in [7, 11) is 0. The van der Waals surface area contributed by atoms with Gasteiger partial charge in [0, 0.05) is 11.3 Å². The zero-order valence-corrected chi connectivity index (χ0v) is 13.3. The molecule has 8 heteroatoms. The molecule has 0 aliphatic carbocycles. The molecule has 2 amide bonds. The van der Waals surface area contributed by atoms with Gasteiger partial charge in [-0.25, -0.2) is 0 Å². The van der Waals surface area contributed by atoms with Gasteiger partial charge in [0.15, 0.2) is 0 Å². The monoisotopic (exact) mass is 337 g/mol. The second-order valence-corrected chi connectivity index (χ2v) is 5.46. The van der Waals surface area contributed by atoms with Gasteiger partial charge in [-0.1, -0.05) is 17.3 Å². The first kappa shape index (κ1) is 16.3. The standard InChI is InChI=1S/C17H15N5O3/c1-10(16(24)19-12-8-6-11(7-9-12)15(18)23)22-17(25)13-4-2-3-5-14(13)20-21-22/h2-10H,1H3,(H2,18,23)(H,19,24)/t10-/m0/s1. The average molecular weight is 337 g/mol. The summed E-state index contributed by atoms with van der Waals surface area (Å²) in [5.41, 5.74) is 6.06. The molecule has 0 spiro atoms. The van der Waals surface area contributed by atoms with E-state index in [0.29, 0.717) is 22.2 Å². The Morgan fingerprint density at radius 2 is 1.80 bits per heavy atom. The van der Waals surface area contributed by atoms with Gasteiger partial charge in [0.05, 0.1) is 5.39 Å². The van der Waals surface area contributed by atoms with Crippen molar-refractivity contribution in [2.75, 3.05) is 5.32 Å². The Hall–Kier alpha value is -3.55. The molecule has 3 aromatic rings. The van der Waals surface area contributed by atoms with Gasteiger partial charge in [0.25, 0.3) is 5.56 Å². The third kappa shape index (κ3) is 3.23. The minimum atomic E-state index is -0.861. The number of nitrogens with one attached hydrogen (secondary N) is 1. The molecule has 3 N–H and O–H groups in total. The molecule has 1 atom stereocenters. The molecule has 0 saturated heterocycles. The first-order chi connectivity index (χ1) is 12.0. The molecule has 0 unspecified atom stereocenters. The number of hydrogen-bond acceptors (Lipinski definition) is 5.